The van der Waals surface area contributed by atoms with Gasteiger partial charge in [-0.1, -0.05) is 24.6 Å². The highest BCUT2D eigenvalue weighted by atomic mass is 32.2. The molecule has 0 aliphatic heterocycles. The number of anilines is 1. The Bertz CT molecular complexity index is 1120. The minimum Gasteiger partial charge on any atom is -0.327 e. The fourth-order valence-corrected chi connectivity index (χ4v) is 4.82. The van der Waals surface area contributed by atoms with Gasteiger partial charge in [0.2, 0.25) is 5.91 Å². The first-order valence-corrected chi connectivity index (χ1v) is 10.7. The van der Waals surface area contributed by atoms with Crippen LogP contribution in [0.4, 0.5) is 5.82 Å². The molecular weight excluding hydrogens is 386 g/mol. The molecule has 4 rings (SSSR count). The Morgan fingerprint density at radius 1 is 1.34 bits per heavy atom. The monoisotopic (exact) mass is 409 g/mol. The van der Waals surface area contributed by atoms with Gasteiger partial charge in [0.25, 0.3) is 0 Å². The van der Waals surface area contributed by atoms with Gasteiger partial charge < -0.3 is 9.88 Å². The third-order valence-electron chi connectivity index (χ3n) is 5.65. The number of nitrogens with one attached hydrogen (secondary N) is 1. The third-order valence-corrected chi connectivity index (χ3v) is 6.65. The fraction of sp³-hybridized carbons (Fsp3) is 0.450. The molecule has 1 saturated carbocycles. The van der Waals surface area contributed by atoms with Crippen LogP contribution in [0.5, 0.6) is 0 Å². The maximum atomic E-state index is 12.8. The van der Waals surface area contributed by atoms with Gasteiger partial charge in [-0.15, -0.1) is 0 Å². The van der Waals surface area contributed by atoms with Crippen LogP contribution in [0.1, 0.15) is 48.5 Å². The molecule has 150 valence electrons. The molecule has 0 spiro atoms. The average molecular weight is 410 g/mol. The number of hydrogen-bond donors (Lipinski definition) is 1. The summed E-state index contributed by atoms with van der Waals surface area (Å²) in [6, 6.07) is 2.62. The summed E-state index contributed by atoms with van der Waals surface area (Å²) in [7, 11) is 1.82. The summed E-state index contributed by atoms with van der Waals surface area (Å²) in [4.78, 5) is 21.3. The van der Waals surface area contributed by atoms with Crippen molar-refractivity contribution in [2.24, 2.45) is 7.05 Å². The van der Waals surface area contributed by atoms with E-state index >= 15 is 0 Å². The minimum absolute atomic E-state index is 0.154. The molecule has 1 aliphatic rings. The van der Waals surface area contributed by atoms with Crippen LogP contribution in [0.25, 0.3) is 11.0 Å². The van der Waals surface area contributed by atoms with E-state index in [9.17, 15) is 10.1 Å². The first-order chi connectivity index (χ1) is 14.0. The molecule has 0 aromatic carbocycles. The number of carbonyl (C=O) groups excluding carboxylic acids is 1. The largest absolute Gasteiger partial charge is 0.327 e. The van der Waals surface area contributed by atoms with Crippen LogP contribution in [-0.2, 0) is 11.8 Å². The number of hydrogen-bond acceptors (Lipinski definition) is 6. The summed E-state index contributed by atoms with van der Waals surface area (Å²) in [6.45, 7) is 3.97. The van der Waals surface area contributed by atoms with Crippen LogP contribution < -0.4 is 5.32 Å². The second-order valence-electron chi connectivity index (χ2n) is 7.38. The molecular formula is C20H23N7OS. The lowest BCUT2D eigenvalue weighted by Crippen LogP contribution is -2.19. The average Bonchev–Trinajstić information content (AvgIpc) is 3.41. The van der Waals surface area contributed by atoms with Crippen molar-refractivity contribution in [3.8, 4) is 6.07 Å². The molecule has 0 bridgehead atoms. The quantitative estimate of drug-likeness (QED) is 0.511. The molecule has 29 heavy (non-hydrogen) atoms. The summed E-state index contributed by atoms with van der Waals surface area (Å²) in [5.74, 6) is 0.674. The second kappa shape index (κ2) is 7.87. The van der Waals surface area contributed by atoms with Crippen LogP contribution >= 0.6 is 11.8 Å². The molecule has 0 atom stereocenters. The topological polar surface area (TPSA) is 101 Å². The van der Waals surface area contributed by atoms with E-state index in [0.717, 1.165) is 40.2 Å². The second-order valence-corrected chi connectivity index (χ2v) is 8.34. The van der Waals surface area contributed by atoms with Crippen molar-refractivity contribution >= 4 is 34.5 Å². The van der Waals surface area contributed by atoms with E-state index in [1.54, 1.807) is 10.9 Å². The Kier molecular flexibility index (Phi) is 5.28. The van der Waals surface area contributed by atoms with E-state index in [1.165, 1.54) is 30.9 Å². The summed E-state index contributed by atoms with van der Waals surface area (Å²) in [5, 5.41) is 18.4. The Morgan fingerprint density at radius 2 is 2.10 bits per heavy atom. The Balaban J connectivity index is 1.55. The number of aryl methyl sites for hydroxylation is 1. The number of nitriles is 1. The van der Waals surface area contributed by atoms with Gasteiger partial charge in [-0.05, 0) is 32.3 Å². The molecule has 1 aliphatic carbocycles. The van der Waals surface area contributed by atoms with Crippen LogP contribution in [0.15, 0.2) is 17.6 Å². The Morgan fingerprint density at radius 3 is 2.83 bits per heavy atom. The summed E-state index contributed by atoms with van der Waals surface area (Å²) in [6.07, 6.45) is 7.72. The van der Waals surface area contributed by atoms with Crippen LogP contribution in [0, 0.1) is 25.2 Å². The van der Waals surface area contributed by atoms with Gasteiger partial charge in [0.05, 0.1) is 22.9 Å². The van der Waals surface area contributed by atoms with Crippen molar-refractivity contribution in [1.82, 2.24) is 24.3 Å². The lowest BCUT2D eigenvalue weighted by Gasteiger charge is -2.19. The molecule has 1 amide bonds. The van der Waals surface area contributed by atoms with Crippen LogP contribution in [0.3, 0.4) is 0 Å². The predicted octanol–water partition coefficient (Wildman–Crippen LogP) is 3.50. The van der Waals surface area contributed by atoms with Crippen LogP contribution in [0.2, 0.25) is 0 Å². The van der Waals surface area contributed by atoms with Gasteiger partial charge in [0.1, 0.15) is 23.2 Å². The molecule has 3 aromatic heterocycles. The maximum Gasteiger partial charge on any atom is 0.235 e. The normalized spacial score (nSPS) is 14.4. The van der Waals surface area contributed by atoms with E-state index in [1.807, 2.05) is 20.9 Å². The molecule has 0 unspecified atom stereocenters. The van der Waals surface area contributed by atoms with Crippen molar-refractivity contribution in [1.29, 1.82) is 5.26 Å². The van der Waals surface area contributed by atoms with Gasteiger partial charge >= 0.3 is 0 Å². The number of amides is 1. The Hall–Kier alpha value is -2.86. The lowest BCUT2D eigenvalue weighted by molar-refractivity contribution is -0.113. The fourth-order valence-electron chi connectivity index (χ4n) is 4.06. The SMILES string of the molecule is Cc1c(C#N)c(NC(=O)CSc2ncnc3c2cnn3C)n(C2CCCC2)c1C. The van der Waals surface area contributed by atoms with Crippen LogP contribution in [-0.4, -0.2) is 36.0 Å². The highest BCUT2D eigenvalue weighted by Gasteiger charge is 2.26. The van der Waals surface area contributed by atoms with E-state index in [0.29, 0.717) is 17.4 Å². The number of fused-ring (bicyclic) bond motifs is 1. The smallest absolute Gasteiger partial charge is 0.235 e. The Labute approximate surface area is 173 Å². The highest BCUT2D eigenvalue weighted by Crippen LogP contribution is 2.37. The van der Waals surface area contributed by atoms with Gasteiger partial charge in [-0.3, -0.25) is 9.48 Å². The molecule has 1 N–H and O–H groups in total. The van der Waals surface area contributed by atoms with Crippen molar-refractivity contribution in [3.63, 3.8) is 0 Å². The number of aromatic nitrogens is 5. The molecule has 9 heteroatoms. The minimum atomic E-state index is -0.154. The molecule has 8 nitrogen and oxygen atoms in total. The van der Waals surface area contributed by atoms with E-state index in [2.05, 4.69) is 31.0 Å². The van der Waals surface area contributed by atoms with E-state index < -0.39 is 0 Å². The first-order valence-electron chi connectivity index (χ1n) is 9.68. The number of carbonyl (C=O) groups is 1. The number of rotatable bonds is 5. The van der Waals surface area contributed by atoms with Gasteiger partial charge in [-0.2, -0.15) is 10.4 Å². The van der Waals surface area contributed by atoms with Crippen molar-refractivity contribution in [2.75, 3.05) is 11.1 Å². The highest BCUT2D eigenvalue weighted by molar-refractivity contribution is 8.00. The van der Waals surface area contributed by atoms with Gasteiger partial charge in [0.15, 0.2) is 5.65 Å². The number of thioether (sulfide) groups is 1. The van der Waals surface area contributed by atoms with Gasteiger partial charge in [-0.25, -0.2) is 9.97 Å². The molecule has 1 fully saturated rings. The van der Waals surface area contributed by atoms with Crippen molar-refractivity contribution in [2.45, 2.75) is 50.6 Å². The van der Waals surface area contributed by atoms with Crippen molar-refractivity contribution in [3.05, 3.63) is 29.3 Å². The van der Waals surface area contributed by atoms with Crippen molar-refractivity contribution < 1.29 is 4.79 Å². The van der Waals surface area contributed by atoms with Gasteiger partial charge in [0, 0.05) is 18.8 Å². The third kappa shape index (κ3) is 3.49. The zero-order valence-corrected chi connectivity index (χ0v) is 17.6. The zero-order chi connectivity index (χ0) is 20.5. The molecule has 0 saturated heterocycles. The molecule has 3 heterocycles. The first kappa shape index (κ1) is 19.5. The molecule has 3 aromatic rings. The summed E-state index contributed by atoms with van der Waals surface area (Å²) < 4.78 is 3.84. The standard InChI is InChI=1S/C20H23N7OS/c1-12-13(2)27(14-6-4-5-7-14)19(15(12)8-21)25-17(28)10-29-20-16-9-24-26(3)18(16)22-11-23-20/h9,11,14H,4-7,10H2,1-3H3,(H,25,28). The predicted molar refractivity (Wildman–Crippen MR) is 112 cm³/mol. The van der Waals surface area contributed by atoms with E-state index in [-0.39, 0.29) is 11.7 Å². The number of nitrogens with zero attached hydrogens (tertiary/aromatic N) is 6. The molecule has 0 radical (unpaired) electrons. The lowest BCUT2D eigenvalue weighted by atomic mass is 10.2. The summed E-state index contributed by atoms with van der Waals surface area (Å²) in [5.41, 5.74) is 3.29. The maximum absolute atomic E-state index is 12.8. The summed E-state index contributed by atoms with van der Waals surface area (Å²) >= 11 is 1.34. The van der Waals surface area contributed by atoms with E-state index in [4.69, 9.17) is 0 Å². The zero-order valence-electron chi connectivity index (χ0n) is 16.8.